The minimum Gasteiger partial charge on any atom is -0.454 e. The van der Waals surface area contributed by atoms with E-state index >= 15 is 0 Å². The smallest absolute Gasteiger partial charge is 0.283 e. The highest BCUT2D eigenvalue weighted by Gasteiger charge is 2.32. The van der Waals surface area contributed by atoms with Crippen molar-refractivity contribution in [2.24, 2.45) is 4.99 Å². The van der Waals surface area contributed by atoms with Gasteiger partial charge in [0.2, 0.25) is 12.7 Å². The number of hydrogen-bond acceptors (Lipinski definition) is 8. The number of thiazole rings is 1. The van der Waals surface area contributed by atoms with Gasteiger partial charge in [-0.1, -0.05) is 35.5 Å². The number of aryl methyl sites for hydroxylation is 1. The van der Waals surface area contributed by atoms with Gasteiger partial charge in [0, 0.05) is 11.6 Å². The molecule has 8 nitrogen and oxygen atoms in total. The number of aliphatic imine (C=N–C) groups is 1. The van der Waals surface area contributed by atoms with Gasteiger partial charge in [-0.25, -0.2) is 9.98 Å². The Morgan fingerprint density at radius 2 is 2.03 bits per heavy atom. The second-order valence-electron chi connectivity index (χ2n) is 7.19. The average molecular weight is 479 g/mol. The van der Waals surface area contributed by atoms with Crippen molar-refractivity contribution in [3.05, 3.63) is 70.9 Å². The van der Waals surface area contributed by atoms with Crippen molar-refractivity contribution in [3.63, 3.8) is 0 Å². The molecular weight excluding hydrogens is 460 g/mol. The second kappa shape index (κ2) is 9.08. The molecular formula is C23H18N4O4S2. The normalized spacial score (nSPS) is 15.8. The number of benzene rings is 2. The zero-order chi connectivity index (χ0) is 22.8. The van der Waals surface area contributed by atoms with Gasteiger partial charge in [-0.15, -0.1) is 11.3 Å². The van der Waals surface area contributed by atoms with E-state index in [0.29, 0.717) is 27.5 Å². The molecule has 0 bridgehead atoms. The molecule has 0 atom stereocenters. The minimum atomic E-state index is -0.264. The van der Waals surface area contributed by atoms with Gasteiger partial charge in [0.15, 0.2) is 21.8 Å². The van der Waals surface area contributed by atoms with Gasteiger partial charge >= 0.3 is 0 Å². The molecule has 0 spiro atoms. The lowest BCUT2D eigenvalue weighted by molar-refractivity contribution is -0.114. The first-order valence-corrected chi connectivity index (χ1v) is 11.9. The summed E-state index contributed by atoms with van der Waals surface area (Å²) in [5, 5.41) is 5.50. The molecule has 0 aliphatic carbocycles. The molecule has 0 unspecified atom stereocenters. The topological polar surface area (TPSA) is 93.1 Å². The largest absolute Gasteiger partial charge is 0.454 e. The van der Waals surface area contributed by atoms with Crippen molar-refractivity contribution in [3.8, 4) is 11.5 Å². The average Bonchev–Trinajstić information content (AvgIpc) is 3.55. The summed E-state index contributed by atoms with van der Waals surface area (Å²) in [5.41, 5.74) is 2.81. The van der Waals surface area contributed by atoms with E-state index in [0.717, 1.165) is 11.1 Å². The van der Waals surface area contributed by atoms with E-state index in [4.69, 9.17) is 9.47 Å². The van der Waals surface area contributed by atoms with E-state index in [2.05, 4.69) is 15.3 Å². The number of thioether (sulfide) groups is 1. The van der Waals surface area contributed by atoms with Crippen molar-refractivity contribution in [2.45, 2.75) is 6.92 Å². The third-order valence-corrected chi connectivity index (χ3v) is 6.46. The molecule has 0 radical (unpaired) electrons. The molecule has 1 N–H and O–H groups in total. The Morgan fingerprint density at radius 3 is 2.82 bits per heavy atom. The van der Waals surface area contributed by atoms with Crippen molar-refractivity contribution in [1.29, 1.82) is 0 Å². The van der Waals surface area contributed by atoms with Crippen molar-refractivity contribution in [2.75, 3.05) is 22.8 Å². The Morgan fingerprint density at radius 1 is 1.21 bits per heavy atom. The lowest BCUT2D eigenvalue weighted by Gasteiger charge is -2.17. The second-order valence-corrected chi connectivity index (χ2v) is 9.02. The maximum atomic E-state index is 13.3. The summed E-state index contributed by atoms with van der Waals surface area (Å²) in [6.07, 6.45) is 3.33. The van der Waals surface area contributed by atoms with Crippen LogP contribution in [0.4, 0.5) is 10.8 Å². The Labute approximate surface area is 198 Å². The summed E-state index contributed by atoms with van der Waals surface area (Å²) in [6, 6.07) is 13.0. The maximum absolute atomic E-state index is 13.3. The molecule has 2 aliphatic heterocycles. The van der Waals surface area contributed by atoms with Gasteiger partial charge in [-0.3, -0.25) is 14.5 Å². The van der Waals surface area contributed by atoms with Crippen LogP contribution in [0.15, 0.2) is 64.7 Å². The van der Waals surface area contributed by atoms with Crippen LogP contribution in [0, 0.1) is 6.92 Å². The lowest BCUT2D eigenvalue weighted by atomic mass is 10.1. The third-order valence-electron chi connectivity index (χ3n) is 4.83. The summed E-state index contributed by atoms with van der Waals surface area (Å²) in [4.78, 5) is 35.8. The molecule has 2 amide bonds. The minimum absolute atomic E-state index is 0.0886. The number of anilines is 2. The number of amides is 2. The molecule has 5 rings (SSSR count). The van der Waals surface area contributed by atoms with E-state index in [1.807, 2.05) is 37.3 Å². The molecule has 166 valence electrons. The lowest BCUT2D eigenvalue weighted by Crippen LogP contribution is -2.31. The fourth-order valence-corrected chi connectivity index (χ4v) is 4.60. The van der Waals surface area contributed by atoms with E-state index in [-0.39, 0.29) is 30.1 Å². The Kier molecular flexibility index (Phi) is 5.84. The predicted octanol–water partition coefficient (Wildman–Crippen LogP) is 4.30. The SMILES string of the molecule is Cc1ccc(N2C(=O)/C(=C\c3ccc4c(c3)OCO4)N=C2SCC(=O)Nc2nccs2)cc1. The fraction of sp³-hybridized carbons (Fsp3) is 0.130. The first-order chi connectivity index (χ1) is 16.1. The van der Waals surface area contributed by atoms with Crippen LogP contribution in [-0.2, 0) is 9.59 Å². The summed E-state index contributed by atoms with van der Waals surface area (Å²) in [5.74, 6) is 0.900. The van der Waals surface area contributed by atoms with Crippen LogP contribution in [0.25, 0.3) is 6.08 Å². The number of amidine groups is 1. The summed E-state index contributed by atoms with van der Waals surface area (Å²) in [7, 11) is 0. The van der Waals surface area contributed by atoms with Gasteiger partial charge in [0.05, 0.1) is 11.4 Å². The zero-order valence-corrected chi connectivity index (χ0v) is 19.1. The fourth-order valence-electron chi connectivity index (χ4n) is 3.25. The Balaban J connectivity index is 1.41. The van der Waals surface area contributed by atoms with Gasteiger partial charge in [-0.2, -0.15) is 0 Å². The molecule has 0 saturated heterocycles. The Bertz CT molecular complexity index is 1270. The maximum Gasteiger partial charge on any atom is 0.283 e. The number of carbonyl (C=O) groups is 2. The molecule has 3 heterocycles. The van der Waals surface area contributed by atoms with Crippen LogP contribution in [0.1, 0.15) is 11.1 Å². The third kappa shape index (κ3) is 4.62. The van der Waals surface area contributed by atoms with Gasteiger partial charge in [-0.05, 0) is 42.8 Å². The van der Waals surface area contributed by atoms with Gasteiger partial charge in [0.1, 0.15) is 5.70 Å². The van der Waals surface area contributed by atoms with Crippen molar-refractivity contribution >= 4 is 57.0 Å². The van der Waals surface area contributed by atoms with E-state index in [1.54, 1.807) is 29.8 Å². The number of fused-ring (bicyclic) bond motifs is 1. The highest BCUT2D eigenvalue weighted by Crippen LogP contribution is 2.34. The number of aromatic nitrogens is 1. The molecule has 3 aromatic rings. The molecule has 2 aromatic carbocycles. The summed E-state index contributed by atoms with van der Waals surface area (Å²) < 4.78 is 10.8. The van der Waals surface area contributed by atoms with E-state index in [1.165, 1.54) is 28.0 Å². The number of ether oxygens (including phenoxy) is 2. The van der Waals surface area contributed by atoms with Crippen LogP contribution in [-0.4, -0.2) is 34.5 Å². The standard InChI is InChI=1S/C23H18N4O4S2/c1-14-2-5-16(6-3-14)27-21(29)17(10-15-4-7-18-19(11-15)31-13-30-18)25-23(27)33-12-20(28)26-22-24-8-9-32-22/h2-11H,12-13H2,1H3,(H,24,26,28)/b17-10+. The summed E-state index contributed by atoms with van der Waals surface area (Å²) in [6.45, 7) is 2.16. The number of rotatable bonds is 5. The van der Waals surface area contributed by atoms with Crippen molar-refractivity contribution in [1.82, 2.24) is 4.98 Å². The molecule has 10 heteroatoms. The van der Waals surface area contributed by atoms with Crippen LogP contribution in [0.3, 0.4) is 0 Å². The first kappa shape index (κ1) is 21.2. The highest BCUT2D eigenvalue weighted by atomic mass is 32.2. The van der Waals surface area contributed by atoms with Crippen molar-refractivity contribution < 1.29 is 19.1 Å². The van der Waals surface area contributed by atoms with Crippen LogP contribution >= 0.6 is 23.1 Å². The number of nitrogens with one attached hydrogen (secondary N) is 1. The highest BCUT2D eigenvalue weighted by molar-refractivity contribution is 8.14. The van der Waals surface area contributed by atoms with Crippen LogP contribution in [0.2, 0.25) is 0 Å². The monoisotopic (exact) mass is 478 g/mol. The van der Waals surface area contributed by atoms with Gasteiger partial charge < -0.3 is 14.8 Å². The summed E-state index contributed by atoms with van der Waals surface area (Å²) >= 11 is 2.54. The number of nitrogens with zero attached hydrogens (tertiary/aromatic N) is 3. The van der Waals surface area contributed by atoms with Crippen LogP contribution < -0.4 is 19.7 Å². The molecule has 0 saturated carbocycles. The first-order valence-electron chi connectivity index (χ1n) is 10.00. The molecule has 2 aliphatic rings. The van der Waals surface area contributed by atoms with Crippen LogP contribution in [0.5, 0.6) is 11.5 Å². The molecule has 1 aromatic heterocycles. The van der Waals surface area contributed by atoms with E-state index in [9.17, 15) is 9.59 Å². The van der Waals surface area contributed by atoms with E-state index < -0.39 is 0 Å². The number of hydrogen-bond donors (Lipinski definition) is 1. The number of carbonyl (C=O) groups excluding carboxylic acids is 2. The predicted molar refractivity (Wildman–Crippen MR) is 130 cm³/mol. The quantitative estimate of drug-likeness (QED) is 0.550. The molecule has 33 heavy (non-hydrogen) atoms. The molecule has 0 fully saturated rings. The Hall–Kier alpha value is -3.63. The van der Waals surface area contributed by atoms with Gasteiger partial charge in [0.25, 0.3) is 5.91 Å². The zero-order valence-electron chi connectivity index (χ0n) is 17.5.